The van der Waals surface area contributed by atoms with E-state index in [1.165, 1.54) is 17.0 Å². The number of hydrogen-bond donors (Lipinski definition) is 0. The Morgan fingerprint density at radius 2 is 2.12 bits per heavy atom. The summed E-state index contributed by atoms with van der Waals surface area (Å²) in [6.07, 6.45) is 1.93. The highest BCUT2D eigenvalue weighted by atomic mass is 32.2. The van der Waals surface area contributed by atoms with Crippen LogP contribution in [0.5, 0.6) is 0 Å². The van der Waals surface area contributed by atoms with Crippen molar-refractivity contribution in [3.8, 4) is 0 Å². The van der Waals surface area contributed by atoms with Gasteiger partial charge in [0.25, 0.3) is 5.91 Å². The van der Waals surface area contributed by atoms with Crippen LogP contribution in [0, 0.1) is 11.6 Å². The van der Waals surface area contributed by atoms with E-state index in [4.69, 9.17) is 0 Å². The molecule has 0 bridgehead atoms. The fourth-order valence-electron chi connectivity index (χ4n) is 1.41. The summed E-state index contributed by atoms with van der Waals surface area (Å²) < 4.78 is 26.4. The van der Waals surface area contributed by atoms with E-state index in [9.17, 15) is 13.6 Å². The van der Waals surface area contributed by atoms with Crippen molar-refractivity contribution in [3.05, 3.63) is 35.4 Å². The maximum atomic E-state index is 13.4. The highest BCUT2D eigenvalue weighted by molar-refractivity contribution is 7.98. The minimum absolute atomic E-state index is 0.0276. The number of amides is 1. The molecule has 0 heterocycles. The third kappa shape index (κ3) is 3.19. The van der Waals surface area contributed by atoms with Crippen LogP contribution in [0.1, 0.15) is 17.3 Å². The maximum absolute atomic E-state index is 13.4. The summed E-state index contributed by atoms with van der Waals surface area (Å²) in [6, 6.07) is 3.60. The Labute approximate surface area is 104 Å². The van der Waals surface area contributed by atoms with Crippen LogP contribution >= 0.6 is 11.8 Å². The molecule has 1 unspecified atom stereocenters. The average Bonchev–Trinajstić information content (AvgIpc) is 2.31. The summed E-state index contributed by atoms with van der Waals surface area (Å²) in [7, 11) is 1.59. The van der Waals surface area contributed by atoms with Crippen LogP contribution in [0.15, 0.2) is 18.2 Å². The molecular formula is C12H15F2NOS. The molecule has 17 heavy (non-hydrogen) atoms. The molecular weight excluding hydrogens is 244 g/mol. The van der Waals surface area contributed by atoms with Crippen LogP contribution in [0.4, 0.5) is 8.78 Å². The van der Waals surface area contributed by atoms with Gasteiger partial charge in [0, 0.05) is 18.8 Å². The number of carbonyl (C=O) groups excluding carboxylic acids is 1. The van der Waals surface area contributed by atoms with Crippen LogP contribution < -0.4 is 0 Å². The molecule has 0 saturated carbocycles. The van der Waals surface area contributed by atoms with Gasteiger partial charge in [-0.2, -0.15) is 11.8 Å². The van der Waals surface area contributed by atoms with Crippen molar-refractivity contribution in [1.82, 2.24) is 4.90 Å². The molecule has 0 fully saturated rings. The van der Waals surface area contributed by atoms with Gasteiger partial charge in [0.1, 0.15) is 0 Å². The van der Waals surface area contributed by atoms with E-state index in [1.54, 1.807) is 18.8 Å². The smallest absolute Gasteiger partial charge is 0.256 e. The normalized spacial score (nSPS) is 12.3. The number of rotatable bonds is 4. The summed E-state index contributed by atoms with van der Waals surface area (Å²) in [5.74, 6) is -1.83. The molecule has 0 aliphatic rings. The van der Waals surface area contributed by atoms with Gasteiger partial charge in [-0.25, -0.2) is 8.78 Å². The van der Waals surface area contributed by atoms with E-state index < -0.39 is 17.5 Å². The van der Waals surface area contributed by atoms with E-state index in [2.05, 4.69) is 0 Å². The highest BCUT2D eigenvalue weighted by Crippen LogP contribution is 2.15. The molecule has 0 aromatic heterocycles. The molecule has 0 aliphatic carbocycles. The summed E-state index contributed by atoms with van der Waals surface area (Å²) >= 11 is 1.60. The number of nitrogens with zero attached hydrogens (tertiary/aromatic N) is 1. The predicted molar refractivity (Wildman–Crippen MR) is 66.3 cm³/mol. The van der Waals surface area contributed by atoms with Gasteiger partial charge in [-0.1, -0.05) is 6.07 Å². The lowest BCUT2D eigenvalue weighted by atomic mass is 10.1. The van der Waals surface area contributed by atoms with Crippen molar-refractivity contribution in [1.29, 1.82) is 0 Å². The molecule has 0 N–H and O–H groups in total. The summed E-state index contributed by atoms with van der Waals surface area (Å²) in [5, 5.41) is 0. The number of carbonyl (C=O) groups is 1. The summed E-state index contributed by atoms with van der Waals surface area (Å²) in [4.78, 5) is 13.4. The predicted octanol–water partition coefficient (Wildman–Crippen LogP) is 2.79. The Balaban J connectivity index is 2.93. The van der Waals surface area contributed by atoms with Gasteiger partial charge in [-0.05, 0) is 25.3 Å². The van der Waals surface area contributed by atoms with Crippen LogP contribution in [0.2, 0.25) is 0 Å². The SMILES string of the molecule is CSCC(C)N(C)C(=O)c1cccc(F)c1F. The van der Waals surface area contributed by atoms with Crippen LogP contribution in [-0.4, -0.2) is 35.9 Å². The quantitative estimate of drug-likeness (QED) is 0.828. The first kappa shape index (κ1) is 14.0. The summed E-state index contributed by atoms with van der Waals surface area (Å²) in [6.45, 7) is 1.87. The molecule has 1 rings (SSSR count). The second kappa shape index (κ2) is 6.00. The molecule has 2 nitrogen and oxygen atoms in total. The molecule has 1 amide bonds. The topological polar surface area (TPSA) is 20.3 Å². The standard InChI is InChI=1S/C12H15F2NOS/c1-8(7-17-3)15(2)12(16)9-5-4-6-10(13)11(9)14/h4-6,8H,7H2,1-3H3. The van der Waals surface area contributed by atoms with Crippen LogP contribution in [0.25, 0.3) is 0 Å². The number of benzene rings is 1. The van der Waals surface area contributed by atoms with Crippen molar-refractivity contribution in [2.75, 3.05) is 19.1 Å². The molecule has 1 atom stereocenters. The monoisotopic (exact) mass is 259 g/mol. The minimum Gasteiger partial charge on any atom is -0.338 e. The fourth-order valence-corrected chi connectivity index (χ4v) is 2.12. The Hall–Kier alpha value is -1.10. The molecule has 0 saturated heterocycles. The largest absolute Gasteiger partial charge is 0.338 e. The van der Waals surface area contributed by atoms with Gasteiger partial charge in [-0.15, -0.1) is 0 Å². The van der Waals surface area contributed by atoms with Crippen LogP contribution in [0.3, 0.4) is 0 Å². The van der Waals surface area contributed by atoms with Crippen molar-refractivity contribution < 1.29 is 13.6 Å². The molecule has 0 aliphatic heterocycles. The second-order valence-corrected chi connectivity index (χ2v) is 4.73. The average molecular weight is 259 g/mol. The molecule has 94 valence electrons. The lowest BCUT2D eigenvalue weighted by Gasteiger charge is -2.24. The molecule has 1 aromatic carbocycles. The third-order valence-electron chi connectivity index (χ3n) is 2.57. The van der Waals surface area contributed by atoms with Crippen molar-refractivity contribution in [3.63, 3.8) is 0 Å². The van der Waals surface area contributed by atoms with Gasteiger partial charge in [0.2, 0.25) is 0 Å². The van der Waals surface area contributed by atoms with Gasteiger partial charge in [0.05, 0.1) is 5.56 Å². The summed E-state index contributed by atoms with van der Waals surface area (Å²) in [5.41, 5.74) is -0.222. The number of thioether (sulfide) groups is 1. The minimum atomic E-state index is -1.08. The zero-order valence-corrected chi connectivity index (χ0v) is 10.9. The highest BCUT2D eigenvalue weighted by Gasteiger charge is 2.21. The van der Waals surface area contributed by atoms with Crippen molar-refractivity contribution >= 4 is 17.7 Å². The van der Waals surface area contributed by atoms with Gasteiger partial charge < -0.3 is 4.90 Å². The Kier molecular flexibility index (Phi) is 4.93. The van der Waals surface area contributed by atoms with Crippen molar-refractivity contribution in [2.45, 2.75) is 13.0 Å². The lowest BCUT2D eigenvalue weighted by molar-refractivity contribution is 0.0751. The Bertz CT molecular complexity index is 411. The zero-order chi connectivity index (χ0) is 13.0. The number of halogens is 2. The van der Waals surface area contributed by atoms with E-state index in [1.807, 2.05) is 13.2 Å². The van der Waals surface area contributed by atoms with Gasteiger partial charge in [0.15, 0.2) is 11.6 Å². The van der Waals surface area contributed by atoms with Gasteiger partial charge >= 0.3 is 0 Å². The van der Waals surface area contributed by atoms with E-state index in [0.29, 0.717) is 0 Å². The molecule has 5 heteroatoms. The third-order valence-corrected chi connectivity index (χ3v) is 3.39. The second-order valence-electron chi connectivity index (χ2n) is 3.82. The zero-order valence-electron chi connectivity index (χ0n) is 10.0. The van der Waals surface area contributed by atoms with E-state index in [0.717, 1.165) is 11.8 Å². The van der Waals surface area contributed by atoms with Crippen LogP contribution in [-0.2, 0) is 0 Å². The first-order chi connectivity index (χ1) is 7.99. The molecule has 0 spiro atoms. The fraction of sp³-hybridized carbons (Fsp3) is 0.417. The first-order valence-corrected chi connectivity index (χ1v) is 6.58. The van der Waals surface area contributed by atoms with E-state index in [-0.39, 0.29) is 11.6 Å². The Morgan fingerprint density at radius 1 is 1.47 bits per heavy atom. The van der Waals surface area contributed by atoms with Gasteiger partial charge in [-0.3, -0.25) is 4.79 Å². The molecule has 0 radical (unpaired) electrons. The first-order valence-electron chi connectivity index (χ1n) is 5.19. The maximum Gasteiger partial charge on any atom is 0.256 e. The molecule has 1 aromatic rings. The number of hydrogen-bond acceptors (Lipinski definition) is 2. The van der Waals surface area contributed by atoms with E-state index >= 15 is 0 Å². The lowest BCUT2D eigenvalue weighted by Crippen LogP contribution is -2.37. The Morgan fingerprint density at radius 3 is 2.71 bits per heavy atom. The van der Waals surface area contributed by atoms with Crippen molar-refractivity contribution in [2.24, 2.45) is 0 Å².